The first-order valence-corrected chi connectivity index (χ1v) is 8.21. The Hall–Kier alpha value is -2.16. The van der Waals surface area contributed by atoms with Gasteiger partial charge in [0.15, 0.2) is 0 Å². The maximum Gasteiger partial charge on any atom is 0.449 e. The van der Waals surface area contributed by atoms with Crippen molar-refractivity contribution in [2.45, 2.75) is 31.5 Å². The van der Waals surface area contributed by atoms with E-state index in [1.54, 1.807) is 0 Å². The van der Waals surface area contributed by atoms with E-state index in [1.165, 1.54) is 19.4 Å². The van der Waals surface area contributed by atoms with Gasteiger partial charge in [-0.25, -0.2) is 4.98 Å². The lowest BCUT2D eigenvalue weighted by atomic mass is 9.94. The number of rotatable bonds is 2. The van der Waals surface area contributed by atoms with Crippen LogP contribution in [0.15, 0.2) is 12.4 Å². The molecule has 3 heterocycles. The largest absolute Gasteiger partial charge is 0.449 e. The fraction of sp³-hybridized carbons (Fsp3) is 0.562. The molecule has 4 rings (SSSR count). The lowest BCUT2D eigenvalue weighted by molar-refractivity contribution is -0.146. The topological polar surface area (TPSA) is 71.8 Å². The maximum absolute atomic E-state index is 13.1. The number of halogens is 3. The zero-order valence-electron chi connectivity index (χ0n) is 13.7. The molecule has 2 N–H and O–H groups in total. The number of amides is 1. The Labute approximate surface area is 141 Å². The van der Waals surface area contributed by atoms with Gasteiger partial charge in [0.1, 0.15) is 5.52 Å². The molecule has 1 saturated carbocycles. The molecular formula is C16H18F3N5O. The first-order valence-electron chi connectivity index (χ1n) is 8.21. The van der Waals surface area contributed by atoms with E-state index in [0.29, 0.717) is 0 Å². The SMILES string of the molecule is Cn1c(C(F)(F)F)nc2cncc(C(=O)NC3CC34CCNCC4)c21. The van der Waals surface area contributed by atoms with E-state index in [-0.39, 0.29) is 28.1 Å². The molecule has 1 aliphatic carbocycles. The molecular weight excluding hydrogens is 335 g/mol. The van der Waals surface area contributed by atoms with Crippen molar-refractivity contribution in [3.05, 3.63) is 23.8 Å². The molecule has 1 aliphatic heterocycles. The quantitative estimate of drug-likeness (QED) is 0.865. The zero-order chi connectivity index (χ0) is 17.8. The van der Waals surface area contributed by atoms with E-state index in [1.807, 2.05) is 0 Å². The van der Waals surface area contributed by atoms with E-state index in [4.69, 9.17) is 0 Å². The summed E-state index contributed by atoms with van der Waals surface area (Å²) in [6, 6.07) is 0.0765. The Morgan fingerprint density at radius 2 is 2.08 bits per heavy atom. The molecule has 1 saturated heterocycles. The summed E-state index contributed by atoms with van der Waals surface area (Å²) in [6.07, 6.45) is 0.887. The minimum absolute atomic E-state index is 0.0647. The monoisotopic (exact) mass is 353 g/mol. The second-order valence-electron chi connectivity index (χ2n) is 6.89. The molecule has 2 aromatic rings. The lowest BCUT2D eigenvalue weighted by Gasteiger charge is -2.23. The smallest absolute Gasteiger partial charge is 0.349 e. The van der Waals surface area contributed by atoms with Crippen LogP contribution in [0.3, 0.4) is 0 Å². The molecule has 2 aromatic heterocycles. The van der Waals surface area contributed by atoms with E-state index in [2.05, 4.69) is 20.6 Å². The first kappa shape index (κ1) is 16.3. The van der Waals surface area contributed by atoms with Gasteiger partial charge >= 0.3 is 6.18 Å². The molecule has 25 heavy (non-hydrogen) atoms. The second kappa shape index (κ2) is 5.42. The lowest BCUT2D eigenvalue weighted by Crippen LogP contribution is -2.36. The molecule has 9 heteroatoms. The normalized spacial score (nSPS) is 22.3. The Bertz CT molecular complexity index is 838. The van der Waals surface area contributed by atoms with Crippen LogP contribution in [-0.2, 0) is 13.2 Å². The van der Waals surface area contributed by atoms with Gasteiger partial charge in [-0.3, -0.25) is 9.78 Å². The van der Waals surface area contributed by atoms with Crippen LogP contribution in [0.25, 0.3) is 11.0 Å². The summed E-state index contributed by atoms with van der Waals surface area (Å²) < 4.78 is 40.1. The van der Waals surface area contributed by atoms with Crippen LogP contribution in [0, 0.1) is 5.41 Å². The summed E-state index contributed by atoms with van der Waals surface area (Å²) in [5.41, 5.74) is 0.486. The van der Waals surface area contributed by atoms with Crippen LogP contribution < -0.4 is 10.6 Å². The van der Waals surface area contributed by atoms with Crippen molar-refractivity contribution in [2.24, 2.45) is 12.5 Å². The van der Waals surface area contributed by atoms with Crippen molar-refractivity contribution >= 4 is 16.9 Å². The van der Waals surface area contributed by atoms with Crippen molar-refractivity contribution < 1.29 is 18.0 Å². The van der Waals surface area contributed by atoms with Gasteiger partial charge in [0.25, 0.3) is 5.91 Å². The Morgan fingerprint density at radius 1 is 1.36 bits per heavy atom. The van der Waals surface area contributed by atoms with Crippen LogP contribution in [0.2, 0.25) is 0 Å². The number of hydrogen-bond acceptors (Lipinski definition) is 4. The first-order chi connectivity index (χ1) is 11.8. The number of hydrogen-bond donors (Lipinski definition) is 2. The highest BCUT2D eigenvalue weighted by Gasteiger charge is 2.54. The number of nitrogens with zero attached hydrogens (tertiary/aromatic N) is 3. The Morgan fingerprint density at radius 3 is 2.76 bits per heavy atom. The van der Waals surface area contributed by atoms with Gasteiger partial charge in [-0.2, -0.15) is 13.2 Å². The molecule has 6 nitrogen and oxygen atoms in total. The zero-order valence-corrected chi connectivity index (χ0v) is 13.7. The fourth-order valence-electron chi connectivity index (χ4n) is 3.86. The summed E-state index contributed by atoms with van der Waals surface area (Å²) in [5, 5.41) is 6.26. The minimum Gasteiger partial charge on any atom is -0.349 e. The summed E-state index contributed by atoms with van der Waals surface area (Å²) in [5.74, 6) is -1.43. The van der Waals surface area contributed by atoms with E-state index < -0.39 is 17.9 Å². The van der Waals surface area contributed by atoms with Gasteiger partial charge in [0, 0.05) is 19.3 Å². The van der Waals surface area contributed by atoms with E-state index in [0.717, 1.165) is 36.9 Å². The molecule has 2 fully saturated rings. The van der Waals surface area contributed by atoms with Crippen molar-refractivity contribution in [3.8, 4) is 0 Å². The number of aromatic nitrogens is 3. The predicted octanol–water partition coefficient (Wildman–Crippen LogP) is 1.86. The number of fused-ring (bicyclic) bond motifs is 1. The molecule has 1 spiro atoms. The average molecular weight is 353 g/mol. The highest BCUT2D eigenvalue weighted by atomic mass is 19.4. The third-order valence-corrected chi connectivity index (χ3v) is 5.37. The van der Waals surface area contributed by atoms with E-state index in [9.17, 15) is 18.0 Å². The molecule has 2 aliphatic rings. The van der Waals surface area contributed by atoms with Crippen LogP contribution >= 0.6 is 0 Å². The van der Waals surface area contributed by atoms with Gasteiger partial charge in [-0.15, -0.1) is 0 Å². The molecule has 0 radical (unpaired) electrons. The predicted molar refractivity (Wildman–Crippen MR) is 83.9 cm³/mol. The average Bonchev–Trinajstić information content (AvgIpc) is 3.06. The summed E-state index contributed by atoms with van der Waals surface area (Å²) in [4.78, 5) is 20.1. The maximum atomic E-state index is 13.1. The summed E-state index contributed by atoms with van der Waals surface area (Å²) >= 11 is 0. The van der Waals surface area contributed by atoms with Gasteiger partial charge in [0.05, 0.1) is 17.3 Å². The van der Waals surface area contributed by atoms with Crippen molar-refractivity contribution in [2.75, 3.05) is 13.1 Å². The summed E-state index contributed by atoms with van der Waals surface area (Å²) in [6.45, 7) is 1.86. The summed E-state index contributed by atoms with van der Waals surface area (Å²) in [7, 11) is 1.26. The molecule has 0 aromatic carbocycles. The molecule has 1 unspecified atom stereocenters. The van der Waals surface area contributed by atoms with Crippen molar-refractivity contribution in [3.63, 3.8) is 0 Å². The third kappa shape index (κ3) is 2.66. The number of pyridine rings is 1. The van der Waals surface area contributed by atoms with Gasteiger partial charge in [-0.1, -0.05) is 0 Å². The van der Waals surface area contributed by atoms with Crippen LogP contribution in [0.5, 0.6) is 0 Å². The molecule has 134 valence electrons. The molecule has 1 amide bonds. The number of nitrogens with one attached hydrogen (secondary N) is 2. The Balaban J connectivity index is 1.63. The highest BCUT2D eigenvalue weighted by molar-refractivity contribution is 6.05. The highest BCUT2D eigenvalue weighted by Crippen LogP contribution is 2.52. The fourth-order valence-corrected chi connectivity index (χ4v) is 3.86. The van der Waals surface area contributed by atoms with Crippen LogP contribution in [0.4, 0.5) is 13.2 Å². The van der Waals surface area contributed by atoms with Gasteiger partial charge in [0.2, 0.25) is 5.82 Å². The van der Waals surface area contributed by atoms with Crippen molar-refractivity contribution in [1.29, 1.82) is 0 Å². The molecule has 0 bridgehead atoms. The Kier molecular flexibility index (Phi) is 3.54. The third-order valence-electron chi connectivity index (χ3n) is 5.37. The van der Waals surface area contributed by atoms with Crippen LogP contribution in [0.1, 0.15) is 35.4 Å². The minimum atomic E-state index is -4.59. The van der Waals surface area contributed by atoms with Gasteiger partial charge in [-0.05, 0) is 37.8 Å². The molecule has 1 atom stereocenters. The van der Waals surface area contributed by atoms with E-state index >= 15 is 0 Å². The van der Waals surface area contributed by atoms with Crippen molar-refractivity contribution in [1.82, 2.24) is 25.2 Å². The second-order valence-corrected chi connectivity index (χ2v) is 6.89. The number of aryl methyl sites for hydroxylation is 1. The van der Waals surface area contributed by atoms with Crippen LogP contribution in [-0.4, -0.2) is 39.6 Å². The number of carbonyl (C=O) groups is 1. The number of carbonyl (C=O) groups excluding carboxylic acids is 1. The standard InChI is InChI=1S/C16H18F3N5O/c1-24-12-9(7-21-8-10(12)22-14(24)16(17,18)19)13(25)23-11-6-15(11)2-4-20-5-3-15/h7-8,11,20H,2-6H2,1H3,(H,23,25). The van der Waals surface area contributed by atoms with Gasteiger partial charge < -0.3 is 15.2 Å². The number of imidazole rings is 1. The number of piperidine rings is 1. The number of alkyl halides is 3.